The molecule has 2 nitrogen and oxygen atoms in total. The molecule has 0 bridgehead atoms. The number of halogens is 1. The normalized spacial score (nSPS) is 22.8. The second-order valence-electron chi connectivity index (χ2n) is 5.88. The molecule has 0 heterocycles. The molecular formula is C17H26ClNO. The molecule has 2 rings (SSSR count). The molecule has 0 spiro atoms. The van der Waals surface area contributed by atoms with Crippen molar-refractivity contribution in [1.29, 1.82) is 0 Å². The summed E-state index contributed by atoms with van der Waals surface area (Å²) in [7, 11) is 0. The first-order chi connectivity index (χ1) is 9.69. The van der Waals surface area contributed by atoms with Gasteiger partial charge in [0.1, 0.15) is 12.4 Å². The van der Waals surface area contributed by atoms with Crippen molar-refractivity contribution in [3.8, 4) is 5.75 Å². The lowest BCUT2D eigenvalue weighted by Crippen LogP contribution is -2.36. The van der Waals surface area contributed by atoms with Gasteiger partial charge in [0.25, 0.3) is 0 Å². The fourth-order valence-electron chi connectivity index (χ4n) is 2.96. The molecule has 0 aromatic heterocycles. The molecule has 112 valence electrons. The Hall–Kier alpha value is -0.730. The van der Waals surface area contributed by atoms with Crippen molar-refractivity contribution >= 4 is 11.6 Å². The van der Waals surface area contributed by atoms with Gasteiger partial charge in [-0.3, -0.25) is 0 Å². The topological polar surface area (TPSA) is 21.3 Å². The van der Waals surface area contributed by atoms with Crippen LogP contribution >= 0.6 is 11.6 Å². The molecule has 1 aliphatic rings. The van der Waals surface area contributed by atoms with Crippen LogP contribution in [0, 0.1) is 5.92 Å². The largest absolute Gasteiger partial charge is 0.492 e. The Balaban J connectivity index is 1.70. The van der Waals surface area contributed by atoms with Crippen LogP contribution in [-0.2, 0) is 6.42 Å². The third-order valence-electron chi connectivity index (χ3n) is 4.14. The van der Waals surface area contributed by atoms with E-state index in [1.54, 1.807) is 0 Å². The standard InChI is InChI=1S/C17H26ClNO/c1-3-14-12-16(7-8-17(14)18)20-10-9-19-15-6-4-5-13(2)11-15/h7-8,12-13,15,19H,3-6,9-11H2,1-2H3. The van der Waals surface area contributed by atoms with Gasteiger partial charge in [0.2, 0.25) is 0 Å². The minimum atomic E-state index is 0.679. The van der Waals surface area contributed by atoms with E-state index in [1.165, 1.54) is 25.7 Å². The summed E-state index contributed by atoms with van der Waals surface area (Å²) in [6.07, 6.45) is 6.30. The maximum absolute atomic E-state index is 6.10. The smallest absolute Gasteiger partial charge is 0.119 e. The maximum Gasteiger partial charge on any atom is 0.119 e. The Morgan fingerprint density at radius 2 is 2.20 bits per heavy atom. The molecule has 1 aromatic rings. The van der Waals surface area contributed by atoms with E-state index in [0.29, 0.717) is 6.04 Å². The Morgan fingerprint density at radius 3 is 2.95 bits per heavy atom. The number of nitrogens with one attached hydrogen (secondary N) is 1. The van der Waals surface area contributed by atoms with E-state index in [9.17, 15) is 0 Å². The molecule has 2 atom stereocenters. The minimum Gasteiger partial charge on any atom is -0.492 e. The first-order valence-electron chi connectivity index (χ1n) is 7.83. The first-order valence-corrected chi connectivity index (χ1v) is 8.21. The van der Waals surface area contributed by atoms with Gasteiger partial charge < -0.3 is 10.1 Å². The average Bonchev–Trinajstić information content (AvgIpc) is 2.45. The summed E-state index contributed by atoms with van der Waals surface area (Å²) < 4.78 is 5.80. The zero-order chi connectivity index (χ0) is 14.4. The SMILES string of the molecule is CCc1cc(OCCNC2CCCC(C)C2)ccc1Cl. The summed E-state index contributed by atoms with van der Waals surface area (Å²) in [4.78, 5) is 0. The van der Waals surface area contributed by atoms with E-state index in [4.69, 9.17) is 16.3 Å². The fourth-order valence-corrected chi connectivity index (χ4v) is 3.21. The second kappa shape index (κ2) is 7.90. The van der Waals surface area contributed by atoms with Crippen molar-refractivity contribution in [3.63, 3.8) is 0 Å². The Morgan fingerprint density at radius 1 is 1.35 bits per heavy atom. The van der Waals surface area contributed by atoms with Gasteiger partial charge in [-0.2, -0.15) is 0 Å². The highest BCUT2D eigenvalue weighted by Crippen LogP contribution is 2.24. The molecular weight excluding hydrogens is 270 g/mol. The molecule has 1 aromatic carbocycles. The van der Waals surface area contributed by atoms with E-state index < -0.39 is 0 Å². The molecule has 0 aliphatic heterocycles. The van der Waals surface area contributed by atoms with Crippen molar-refractivity contribution in [2.45, 2.75) is 52.0 Å². The highest BCUT2D eigenvalue weighted by molar-refractivity contribution is 6.31. The van der Waals surface area contributed by atoms with Crippen LogP contribution in [0.2, 0.25) is 5.02 Å². The summed E-state index contributed by atoms with van der Waals surface area (Å²) in [5, 5.41) is 4.44. The predicted molar refractivity (Wildman–Crippen MR) is 85.7 cm³/mol. The summed E-state index contributed by atoms with van der Waals surface area (Å²) in [6, 6.07) is 6.60. The van der Waals surface area contributed by atoms with Crippen molar-refractivity contribution in [2.75, 3.05) is 13.2 Å². The molecule has 0 radical (unpaired) electrons. The van der Waals surface area contributed by atoms with Crippen LogP contribution in [-0.4, -0.2) is 19.2 Å². The summed E-state index contributed by atoms with van der Waals surface area (Å²) in [5.41, 5.74) is 1.15. The fraction of sp³-hybridized carbons (Fsp3) is 0.647. The summed E-state index contributed by atoms with van der Waals surface area (Å²) >= 11 is 6.10. The number of hydrogen-bond donors (Lipinski definition) is 1. The highest BCUT2D eigenvalue weighted by atomic mass is 35.5. The van der Waals surface area contributed by atoms with Crippen molar-refractivity contribution in [1.82, 2.24) is 5.32 Å². The zero-order valence-corrected chi connectivity index (χ0v) is 13.4. The van der Waals surface area contributed by atoms with E-state index in [0.717, 1.165) is 41.8 Å². The van der Waals surface area contributed by atoms with Crippen LogP contribution in [0.4, 0.5) is 0 Å². The van der Waals surface area contributed by atoms with Gasteiger partial charge >= 0.3 is 0 Å². The van der Waals surface area contributed by atoms with Gasteiger partial charge in [-0.25, -0.2) is 0 Å². The quantitative estimate of drug-likeness (QED) is 0.783. The third kappa shape index (κ3) is 4.68. The van der Waals surface area contributed by atoms with E-state index >= 15 is 0 Å². The minimum absolute atomic E-state index is 0.679. The predicted octanol–water partition coefficient (Wildman–Crippen LogP) is 4.45. The van der Waals surface area contributed by atoms with Gasteiger partial charge in [0, 0.05) is 17.6 Å². The molecule has 0 amide bonds. The zero-order valence-electron chi connectivity index (χ0n) is 12.6. The van der Waals surface area contributed by atoms with Crippen molar-refractivity contribution < 1.29 is 4.74 Å². The van der Waals surface area contributed by atoms with Crippen LogP contribution in [0.3, 0.4) is 0 Å². The van der Waals surface area contributed by atoms with Crippen LogP contribution in [0.15, 0.2) is 18.2 Å². The number of benzene rings is 1. The lowest BCUT2D eigenvalue weighted by molar-refractivity contribution is 0.266. The van der Waals surface area contributed by atoms with Crippen LogP contribution in [0.1, 0.15) is 45.1 Å². The molecule has 1 aliphatic carbocycles. The lowest BCUT2D eigenvalue weighted by atomic mass is 9.87. The highest BCUT2D eigenvalue weighted by Gasteiger charge is 2.17. The number of ether oxygens (including phenoxy) is 1. The average molecular weight is 296 g/mol. The van der Waals surface area contributed by atoms with Gasteiger partial charge in [0.05, 0.1) is 0 Å². The van der Waals surface area contributed by atoms with E-state index in [1.807, 2.05) is 18.2 Å². The Labute approximate surface area is 127 Å². The van der Waals surface area contributed by atoms with Crippen LogP contribution < -0.4 is 10.1 Å². The van der Waals surface area contributed by atoms with Crippen LogP contribution in [0.5, 0.6) is 5.75 Å². The van der Waals surface area contributed by atoms with Gasteiger partial charge in [-0.1, -0.05) is 38.3 Å². The van der Waals surface area contributed by atoms with Gasteiger partial charge in [0.15, 0.2) is 0 Å². The maximum atomic E-state index is 6.10. The molecule has 3 heteroatoms. The molecule has 1 saturated carbocycles. The van der Waals surface area contributed by atoms with E-state index in [2.05, 4.69) is 19.2 Å². The van der Waals surface area contributed by atoms with Crippen LogP contribution in [0.25, 0.3) is 0 Å². The number of hydrogen-bond acceptors (Lipinski definition) is 2. The molecule has 20 heavy (non-hydrogen) atoms. The van der Waals surface area contributed by atoms with Crippen molar-refractivity contribution in [2.24, 2.45) is 5.92 Å². The number of aryl methyl sites for hydroxylation is 1. The Bertz CT molecular complexity index is 421. The number of rotatable bonds is 6. The lowest BCUT2D eigenvalue weighted by Gasteiger charge is -2.27. The third-order valence-corrected chi connectivity index (χ3v) is 4.51. The second-order valence-corrected chi connectivity index (χ2v) is 6.29. The summed E-state index contributed by atoms with van der Waals surface area (Å²) in [5.74, 6) is 1.79. The molecule has 2 unspecified atom stereocenters. The Kier molecular flexibility index (Phi) is 6.18. The van der Waals surface area contributed by atoms with Gasteiger partial charge in [-0.15, -0.1) is 0 Å². The van der Waals surface area contributed by atoms with Gasteiger partial charge in [-0.05, 0) is 48.9 Å². The molecule has 1 fully saturated rings. The van der Waals surface area contributed by atoms with E-state index in [-0.39, 0.29) is 0 Å². The van der Waals surface area contributed by atoms with Crippen molar-refractivity contribution in [3.05, 3.63) is 28.8 Å². The summed E-state index contributed by atoms with van der Waals surface area (Å²) in [6.45, 7) is 6.10. The first kappa shape index (κ1) is 15.7. The molecule has 0 saturated heterocycles. The molecule has 1 N–H and O–H groups in total. The monoisotopic (exact) mass is 295 g/mol.